The lowest BCUT2D eigenvalue weighted by Gasteiger charge is -2.39. The van der Waals surface area contributed by atoms with Gasteiger partial charge in [-0.15, -0.1) is 0 Å². The monoisotopic (exact) mass is 394 g/mol. The summed E-state index contributed by atoms with van der Waals surface area (Å²) in [6.45, 7) is 7.67. The number of carbonyl (C=O) groups is 3. The first-order chi connectivity index (χ1) is 11.8. The van der Waals surface area contributed by atoms with E-state index in [2.05, 4.69) is 0 Å². The van der Waals surface area contributed by atoms with E-state index >= 15 is 0 Å². The van der Waals surface area contributed by atoms with Crippen LogP contribution in [0.3, 0.4) is 0 Å². The average molecular weight is 394 g/mol. The predicted molar refractivity (Wildman–Crippen MR) is 90.2 cm³/mol. The van der Waals surface area contributed by atoms with E-state index in [1.165, 1.54) is 0 Å². The number of aliphatic carboxylic acids is 1. The molecule has 0 aromatic heterocycles. The van der Waals surface area contributed by atoms with Gasteiger partial charge in [0.05, 0.1) is 12.0 Å². The van der Waals surface area contributed by atoms with E-state index in [4.69, 9.17) is 23.4 Å². The summed E-state index contributed by atoms with van der Waals surface area (Å²) in [5.74, 6) is -1.93. The van der Waals surface area contributed by atoms with Gasteiger partial charge in [-0.1, -0.05) is 13.8 Å². The molecule has 0 radical (unpaired) electrons. The molecule has 1 saturated heterocycles. The lowest BCUT2D eigenvalue weighted by atomic mass is 9.84. The summed E-state index contributed by atoms with van der Waals surface area (Å²) < 4.78 is 32.8. The third-order valence-electron chi connectivity index (χ3n) is 3.66. The van der Waals surface area contributed by atoms with Gasteiger partial charge in [0.15, 0.2) is 5.78 Å². The largest absolute Gasteiger partial charge is 0.481 e. The number of hydrogen-bond acceptors (Lipinski definition) is 8. The van der Waals surface area contributed by atoms with Crippen molar-refractivity contribution in [3.63, 3.8) is 0 Å². The molecule has 2 atom stereocenters. The SMILES string of the molecule is CC(C)(C)C(=O)OCO[P@@]1(=O)OCC(C)(C)[C@H](C(=O)CCCC(=O)O)O1. The molecule has 1 aliphatic rings. The number of rotatable bonds is 8. The summed E-state index contributed by atoms with van der Waals surface area (Å²) in [7, 11) is -4.08. The standard InChI is InChI=1S/C16H27O9P/c1-15(2,3)14(20)22-10-24-26(21)23-9-16(4,5)13(25-26)11(17)7-6-8-12(18)19/h13H,6-10H2,1-5H3,(H,18,19)/t13-,26+/m0/s1. The van der Waals surface area contributed by atoms with Crippen molar-refractivity contribution in [2.45, 2.75) is 60.0 Å². The number of esters is 1. The highest BCUT2D eigenvalue weighted by atomic mass is 31.2. The van der Waals surface area contributed by atoms with Crippen molar-refractivity contribution in [2.24, 2.45) is 10.8 Å². The Hall–Kier alpha value is -1.28. The van der Waals surface area contributed by atoms with Crippen molar-refractivity contribution in [1.82, 2.24) is 0 Å². The molecule has 1 aliphatic heterocycles. The van der Waals surface area contributed by atoms with Crippen molar-refractivity contribution >= 4 is 25.5 Å². The van der Waals surface area contributed by atoms with Gasteiger partial charge in [-0.2, -0.15) is 0 Å². The molecule has 1 fully saturated rings. The van der Waals surface area contributed by atoms with Crippen LogP contribution in [-0.4, -0.2) is 42.3 Å². The van der Waals surface area contributed by atoms with Gasteiger partial charge < -0.3 is 9.84 Å². The molecule has 0 bridgehead atoms. The van der Waals surface area contributed by atoms with Crippen LogP contribution in [0.15, 0.2) is 0 Å². The van der Waals surface area contributed by atoms with Crippen LogP contribution in [0.25, 0.3) is 0 Å². The smallest absolute Gasteiger partial charge is 0.478 e. The first-order valence-electron chi connectivity index (χ1n) is 8.26. The second kappa shape index (κ2) is 8.61. The Kier molecular flexibility index (Phi) is 7.53. The molecule has 1 rings (SSSR count). The van der Waals surface area contributed by atoms with Gasteiger partial charge in [0.2, 0.25) is 6.79 Å². The minimum Gasteiger partial charge on any atom is -0.481 e. The van der Waals surface area contributed by atoms with Gasteiger partial charge in [-0.25, -0.2) is 9.09 Å². The first kappa shape index (κ1) is 22.8. The van der Waals surface area contributed by atoms with Crippen LogP contribution in [-0.2, 0) is 37.3 Å². The molecule has 0 saturated carbocycles. The molecule has 10 heteroatoms. The van der Waals surface area contributed by atoms with Gasteiger partial charge >= 0.3 is 19.8 Å². The third kappa shape index (κ3) is 6.79. The predicted octanol–water partition coefficient (Wildman–Crippen LogP) is 2.92. The molecule has 9 nitrogen and oxygen atoms in total. The summed E-state index contributed by atoms with van der Waals surface area (Å²) >= 11 is 0. The van der Waals surface area contributed by atoms with E-state index in [0.717, 1.165) is 0 Å². The molecule has 0 amide bonds. The second-order valence-corrected chi connectivity index (χ2v) is 9.46. The van der Waals surface area contributed by atoms with E-state index in [-0.39, 0.29) is 31.7 Å². The van der Waals surface area contributed by atoms with E-state index in [0.29, 0.717) is 0 Å². The zero-order valence-corrected chi connectivity index (χ0v) is 16.7. The number of phosphoric acid groups is 1. The number of carboxylic acid groups (broad SMARTS) is 1. The van der Waals surface area contributed by atoms with Crippen molar-refractivity contribution in [1.29, 1.82) is 0 Å². The number of hydrogen-bond donors (Lipinski definition) is 1. The Morgan fingerprint density at radius 2 is 1.85 bits per heavy atom. The van der Waals surface area contributed by atoms with Gasteiger partial charge in [0.25, 0.3) is 0 Å². The van der Waals surface area contributed by atoms with Crippen molar-refractivity contribution in [2.75, 3.05) is 13.4 Å². The van der Waals surface area contributed by atoms with Crippen LogP contribution >= 0.6 is 7.82 Å². The van der Waals surface area contributed by atoms with Crippen LogP contribution < -0.4 is 0 Å². The Labute approximate surface area is 152 Å². The zero-order valence-electron chi connectivity index (χ0n) is 15.8. The highest BCUT2D eigenvalue weighted by Crippen LogP contribution is 2.57. The van der Waals surface area contributed by atoms with E-state index in [1.807, 2.05) is 0 Å². The van der Waals surface area contributed by atoms with Crippen molar-refractivity contribution < 1.29 is 42.4 Å². The molecule has 0 spiro atoms. The summed E-state index contributed by atoms with van der Waals surface area (Å²) in [6, 6.07) is 0. The normalized spacial score (nSPS) is 25.5. The lowest BCUT2D eigenvalue weighted by molar-refractivity contribution is -0.163. The fourth-order valence-electron chi connectivity index (χ4n) is 2.09. The van der Waals surface area contributed by atoms with Gasteiger partial charge in [0, 0.05) is 18.3 Å². The van der Waals surface area contributed by atoms with Crippen molar-refractivity contribution in [3.05, 3.63) is 0 Å². The van der Waals surface area contributed by atoms with Crippen LogP contribution in [0.2, 0.25) is 0 Å². The van der Waals surface area contributed by atoms with Crippen LogP contribution in [0.1, 0.15) is 53.9 Å². The van der Waals surface area contributed by atoms with E-state index in [1.54, 1.807) is 34.6 Å². The topological polar surface area (TPSA) is 125 Å². The van der Waals surface area contributed by atoms with Crippen LogP contribution in [0.5, 0.6) is 0 Å². The summed E-state index contributed by atoms with van der Waals surface area (Å²) in [5.41, 5.74) is -1.52. The number of carbonyl (C=O) groups excluding carboxylic acids is 2. The summed E-state index contributed by atoms with van der Waals surface area (Å²) in [4.78, 5) is 34.6. The number of ether oxygens (including phenoxy) is 1. The molecular formula is C16H27O9P. The molecule has 26 heavy (non-hydrogen) atoms. The fourth-order valence-corrected chi connectivity index (χ4v) is 3.62. The van der Waals surface area contributed by atoms with Gasteiger partial charge in [-0.3, -0.25) is 23.4 Å². The number of carboxylic acids is 1. The first-order valence-corrected chi connectivity index (χ1v) is 9.72. The molecule has 0 unspecified atom stereocenters. The van der Waals surface area contributed by atoms with Crippen LogP contribution in [0.4, 0.5) is 0 Å². The summed E-state index contributed by atoms with van der Waals surface area (Å²) in [5, 5.41) is 8.65. The molecular weight excluding hydrogens is 367 g/mol. The number of ketones is 1. The fraction of sp³-hybridized carbons (Fsp3) is 0.812. The minimum atomic E-state index is -4.08. The lowest BCUT2D eigenvalue weighted by Crippen LogP contribution is -2.45. The van der Waals surface area contributed by atoms with Crippen LogP contribution in [0, 0.1) is 10.8 Å². The molecule has 0 aromatic carbocycles. The Balaban J connectivity index is 2.66. The van der Waals surface area contributed by atoms with Gasteiger partial charge in [-0.05, 0) is 27.2 Å². The maximum absolute atomic E-state index is 12.5. The second-order valence-electron chi connectivity index (χ2n) is 7.84. The Morgan fingerprint density at radius 1 is 1.23 bits per heavy atom. The molecule has 1 heterocycles. The average Bonchev–Trinajstić information content (AvgIpc) is 2.48. The quantitative estimate of drug-likeness (QED) is 0.376. The molecule has 0 aliphatic carbocycles. The molecule has 0 aromatic rings. The number of Topliss-reactive ketones (excluding diaryl/α,β-unsaturated/α-hetero) is 1. The van der Waals surface area contributed by atoms with Gasteiger partial charge in [0.1, 0.15) is 6.10 Å². The third-order valence-corrected chi connectivity index (χ3v) is 4.99. The molecule has 1 N–H and O–H groups in total. The highest BCUT2D eigenvalue weighted by molar-refractivity contribution is 7.48. The maximum Gasteiger partial charge on any atom is 0.478 e. The Bertz CT molecular complexity index is 591. The van der Waals surface area contributed by atoms with E-state index < -0.39 is 43.5 Å². The minimum absolute atomic E-state index is 0.0284. The van der Waals surface area contributed by atoms with Crippen molar-refractivity contribution in [3.8, 4) is 0 Å². The number of phosphoric ester groups is 1. The highest BCUT2D eigenvalue weighted by Gasteiger charge is 2.48. The molecule has 150 valence electrons. The Morgan fingerprint density at radius 3 is 2.38 bits per heavy atom. The van der Waals surface area contributed by atoms with E-state index in [9.17, 15) is 18.9 Å². The maximum atomic E-state index is 12.5. The zero-order chi connectivity index (χ0) is 20.2. The summed E-state index contributed by atoms with van der Waals surface area (Å²) in [6.07, 6.45) is -1.10.